The third-order valence-corrected chi connectivity index (χ3v) is 4.32. The Bertz CT molecular complexity index is 711. The Hall–Kier alpha value is -2.44. The number of nitrogens with one attached hydrogen (secondary N) is 1. The molecule has 25 heavy (non-hydrogen) atoms. The van der Waals surface area contributed by atoms with E-state index in [4.69, 9.17) is 5.11 Å². The van der Waals surface area contributed by atoms with E-state index < -0.39 is 0 Å². The zero-order chi connectivity index (χ0) is 17.5. The van der Waals surface area contributed by atoms with Crippen molar-refractivity contribution in [3.8, 4) is 5.69 Å². The summed E-state index contributed by atoms with van der Waals surface area (Å²) in [6.45, 7) is 2.16. The molecule has 1 aromatic heterocycles. The molecule has 0 saturated carbocycles. The second-order valence-corrected chi connectivity index (χ2v) is 6.19. The highest BCUT2D eigenvalue weighted by atomic mass is 16.3. The Morgan fingerprint density at radius 3 is 3.00 bits per heavy atom. The summed E-state index contributed by atoms with van der Waals surface area (Å²) in [6.07, 6.45) is 9.09. The number of likely N-dealkylation sites (tertiary alicyclic amines) is 1. The van der Waals surface area contributed by atoms with E-state index in [0.717, 1.165) is 30.6 Å². The molecule has 1 atom stereocenters. The van der Waals surface area contributed by atoms with Gasteiger partial charge in [-0.3, -0.25) is 4.79 Å². The molecule has 1 fully saturated rings. The number of hydrogen-bond acceptors (Lipinski definition) is 4. The van der Waals surface area contributed by atoms with Crippen molar-refractivity contribution in [3.05, 3.63) is 54.4 Å². The molecule has 0 spiro atoms. The first-order valence-electron chi connectivity index (χ1n) is 8.67. The molecule has 2 heterocycles. The number of carbonyl (C=O) groups excluding carboxylic acids is 1. The predicted molar refractivity (Wildman–Crippen MR) is 97.3 cm³/mol. The van der Waals surface area contributed by atoms with Crippen LogP contribution in [-0.4, -0.2) is 58.0 Å². The zero-order valence-corrected chi connectivity index (χ0v) is 14.2. The third kappa shape index (κ3) is 4.78. The summed E-state index contributed by atoms with van der Waals surface area (Å²) >= 11 is 0. The average molecular weight is 340 g/mol. The van der Waals surface area contributed by atoms with Crippen LogP contribution in [0, 0.1) is 0 Å². The average Bonchev–Trinajstić information content (AvgIpc) is 3.14. The molecule has 0 aliphatic carbocycles. The van der Waals surface area contributed by atoms with Crippen LogP contribution in [0.1, 0.15) is 18.4 Å². The van der Waals surface area contributed by atoms with Crippen molar-refractivity contribution < 1.29 is 9.90 Å². The zero-order valence-electron chi connectivity index (χ0n) is 14.2. The molecule has 1 aliphatic rings. The number of rotatable bonds is 6. The molecule has 1 aliphatic heterocycles. The number of benzene rings is 1. The summed E-state index contributed by atoms with van der Waals surface area (Å²) in [5.41, 5.74) is 1.88. The molecule has 2 N–H and O–H groups in total. The van der Waals surface area contributed by atoms with Crippen LogP contribution in [0.4, 0.5) is 0 Å². The number of aliphatic hydroxyl groups excluding tert-OH is 1. The first-order valence-corrected chi connectivity index (χ1v) is 8.67. The first-order chi connectivity index (χ1) is 12.3. The molecule has 3 rings (SSSR count). The third-order valence-electron chi connectivity index (χ3n) is 4.32. The number of nitrogens with zero attached hydrogens (tertiary/aromatic N) is 3. The number of hydrogen-bond donors (Lipinski definition) is 2. The Balaban J connectivity index is 1.58. The lowest BCUT2D eigenvalue weighted by molar-refractivity contribution is -0.127. The fourth-order valence-electron chi connectivity index (χ4n) is 3.03. The molecular weight excluding hydrogens is 316 g/mol. The molecule has 1 saturated heterocycles. The summed E-state index contributed by atoms with van der Waals surface area (Å²) in [6, 6.07) is 10.1. The van der Waals surface area contributed by atoms with Crippen LogP contribution < -0.4 is 5.32 Å². The van der Waals surface area contributed by atoms with Gasteiger partial charge >= 0.3 is 0 Å². The molecule has 1 aromatic carbocycles. The van der Waals surface area contributed by atoms with Gasteiger partial charge in [-0.2, -0.15) is 5.10 Å². The van der Waals surface area contributed by atoms with Gasteiger partial charge in [0.15, 0.2) is 0 Å². The van der Waals surface area contributed by atoms with Crippen LogP contribution in [-0.2, 0) is 4.79 Å². The van der Waals surface area contributed by atoms with Crippen LogP contribution >= 0.6 is 0 Å². The van der Waals surface area contributed by atoms with E-state index >= 15 is 0 Å². The second kappa shape index (κ2) is 8.60. The van der Waals surface area contributed by atoms with E-state index in [1.165, 1.54) is 0 Å². The van der Waals surface area contributed by atoms with E-state index in [0.29, 0.717) is 13.1 Å². The van der Waals surface area contributed by atoms with Gasteiger partial charge in [-0.15, -0.1) is 0 Å². The highest BCUT2D eigenvalue weighted by Gasteiger charge is 2.21. The van der Waals surface area contributed by atoms with Crippen molar-refractivity contribution in [3.63, 3.8) is 0 Å². The van der Waals surface area contributed by atoms with Gasteiger partial charge in [0.2, 0.25) is 5.91 Å². The molecule has 132 valence electrons. The van der Waals surface area contributed by atoms with E-state index in [9.17, 15) is 4.79 Å². The van der Waals surface area contributed by atoms with Gasteiger partial charge in [0, 0.05) is 43.5 Å². The molecule has 0 radical (unpaired) electrons. The fraction of sp³-hybridized carbons (Fsp3) is 0.368. The van der Waals surface area contributed by atoms with Gasteiger partial charge in [-0.05, 0) is 31.1 Å². The van der Waals surface area contributed by atoms with Crippen LogP contribution in [0.25, 0.3) is 11.8 Å². The summed E-state index contributed by atoms with van der Waals surface area (Å²) in [7, 11) is 0. The van der Waals surface area contributed by atoms with Gasteiger partial charge in [0.25, 0.3) is 0 Å². The molecular formula is C19H24N4O2. The van der Waals surface area contributed by atoms with Crippen molar-refractivity contribution in [2.75, 3.05) is 26.2 Å². The first kappa shape index (κ1) is 17.4. The molecule has 6 nitrogen and oxygen atoms in total. The number of piperidine rings is 1. The van der Waals surface area contributed by atoms with E-state index in [1.807, 2.05) is 41.4 Å². The van der Waals surface area contributed by atoms with Crippen molar-refractivity contribution in [2.24, 2.45) is 0 Å². The van der Waals surface area contributed by atoms with Gasteiger partial charge in [-0.1, -0.05) is 18.2 Å². The molecule has 0 bridgehead atoms. The van der Waals surface area contributed by atoms with Crippen molar-refractivity contribution in [1.29, 1.82) is 0 Å². The van der Waals surface area contributed by atoms with Crippen LogP contribution in [0.2, 0.25) is 0 Å². The van der Waals surface area contributed by atoms with Gasteiger partial charge in [0.05, 0.1) is 18.5 Å². The minimum atomic E-state index is 0.0166. The lowest BCUT2D eigenvalue weighted by Gasteiger charge is -2.32. The molecule has 1 amide bonds. The van der Waals surface area contributed by atoms with Crippen molar-refractivity contribution in [2.45, 2.75) is 18.9 Å². The lowest BCUT2D eigenvalue weighted by atomic mass is 10.1. The monoisotopic (exact) mass is 340 g/mol. The smallest absolute Gasteiger partial charge is 0.246 e. The number of para-hydroxylation sites is 1. The lowest BCUT2D eigenvalue weighted by Crippen LogP contribution is -2.48. The number of aliphatic hydroxyl groups is 1. The number of aromatic nitrogens is 2. The quantitative estimate of drug-likeness (QED) is 0.781. The van der Waals surface area contributed by atoms with Gasteiger partial charge in [-0.25, -0.2) is 4.68 Å². The maximum atomic E-state index is 12.4. The van der Waals surface area contributed by atoms with E-state index in [-0.39, 0.29) is 18.6 Å². The summed E-state index contributed by atoms with van der Waals surface area (Å²) in [4.78, 5) is 14.3. The fourth-order valence-corrected chi connectivity index (χ4v) is 3.03. The Kier molecular flexibility index (Phi) is 5.98. The highest BCUT2D eigenvalue weighted by Crippen LogP contribution is 2.12. The number of carbonyl (C=O) groups is 1. The topological polar surface area (TPSA) is 70.4 Å². The maximum Gasteiger partial charge on any atom is 0.246 e. The van der Waals surface area contributed by atoms with Crippen LogP contribution in [0.3, 0.4) is 0 Å². The largest absolute Gasteiger partial charge is 0.395 e. The predicted octanol–water partition coefficient (Wildman–Crippen LogP) is 1.46. The minimum absolute atomic E-state index is 0.0166. The van der Waals surface area contributed by atoms with Gasteiger partial charge < -0.3 is 15.3 Å². The van der Waals surface area contributed by atoms with E-state index in [1.54, 1.807) is 23.0 Å². The highest BCUT2D eigenvalue weighted by molar-refractivity contribution is 5.91. The Labute approximate surface area is 147 Å². The van der Waals surface area contributed by atoms with Crippen molar-refractivity contribution >= 4 is 12.0 Å². The standard InChI is InChI=1S/C19H24N4O2/c24-12-10-20-17-5-4-11-22(15-17)19(25)9-8-16-13-21-23(14-16)18-6-2-1-3-7-18/h1-3,6-9,13-14,17,20,24H,4-5,10-12,15H2. The second-order valence-electron chi connectivity index (χ2n) is 6.19. The minimum Gasteiger partial charge on any atom is -0.395 e. The van der Waals surface area contributed by atoms with Gasteiger partial charge in [0.1, 0.15) is 0 Å². The molecule has 6 heteroatoms. The summed E-state index contributed by atoms with van der Waals surface area (Å²) in [5, 5.41) is 16.5. The maximum absolute atomic E-state index is 12.4. The van der Waals surface area contributed by atoms with E-state index in [2.05, 4.69) is 10.4 Å². The Morgan fingerprint density at radius 2 is 2.20 bits per heavy atom. The van der Waals surface area contributed by atoms with Crippen LogP contribution in [0.5, 0.6) is 0 Å². The summed E-state index contributed by atoms with van der Waals surface area (Å²) < 4.78 is 1.79. The molecule has 1 unspecified atom stereocenters. The summed E-state index contributed by atoms with van der Waals surface area (Å²) in [5.74, 6) is 0.0166. The number of amides is 1. The Morgan fingerprint density at radius 1 is 1.36 bits per heavy atom. The molecule has 2 aromatic rings. The van der Waals surface area contributed by atoms with Crippen molar-refractivity contribution in [1.82, 2.24) is 20.0 Å². The SMILES string of the molecule is O=C(C=Cc1cnn(-c2ccccc2)c1)N1CCCC(NCCO)C1. The normalized spacial score (nSPS) is 18.0. The van der Waals surface area contributed by atoms with Crippen LogP contribution in [0.15, 0.2) is 48.8 Å².